The van der Waals surface area contributed by atoms with Gasteiger partial charge in [-0.2, -0.15) is 0 Å². The molecule has 1 aliphatic heterocycles. The molecule has 1 atom stereocenters. The van der Waals surface area contributed by atoms with Gasteiger partial charge in [-0.15, -0.1) is 0 Å². The van der Waals surface area contributed by atoms with Crippen LogP contribution in [-0.2, 0) is 9.84 Å². The first kappa shape index (κ1) is 13.0. The molecular weight excluding hydrogens is 210 g/mol. The van der Waals surface area contributed by atoms with Crippen LogP contribution >= 0.6 is 0 Å². The Hall–Kier alpha value is -0.0900. The maximum absolute atomic E-state index is 11.2. The Balaban J connectivity index is 2.58. The van der Waals surface area contributed by atoms with E-state index in [-0.39, 0.29) is 5.54 Å². The fraction of sp³-hybridized carbons (Fsp3) is 1.00. The van der Waals surface area contributed by atoms with E-state index in [4.69, 9.17) is 0 Å². The van der Waals surface area contributed by atoms with E-state index in [9.17, 15) is 8.42 Å². The lowest BCUT2D eigenvalue weighted by Gasteiger charge is -2.32. The summed E-state index contributed by atoms with van der Waals surface area (Å²) in [6.07, 6.45) is 7.97. The van der Waals surface area contributed by atoms with Crippen LogP contribution in [0.15, 0.2) is 0 Å². The molecule has 1 heterocycles. The monoisotopic (exact) mass is 233 g/mol. The molecule has 1 rings (SSSR count). The standard InChI is InChI=1S/C11H23NO2S/c1-3-11(8-10-15(2,13)14)7-5-4-6-9-12-11/h12H,3-10H2,1-2H3. The highest BCUT2D eigenvalue weighted by molar-refractivity contribution is 7.90. The molecule has 1 aliphatic rings. The Morgan fingerprint density at radius 1 is 1.27 bits per heavy atom. The van der Waals surface area contributed by atoms with E-state index < -0.39 is 9.84 Å². The predicted octanol–water partition coefficient (Wildman–Crippen LogP) is 1.73. The van der Waals surface area contributed by atoms with Crippen LogP contribution in [0.2, 0.25) is 0 Å². The Bertz CT molecular complexity index is 277. The highest BCUT2D eigenvalue weighted by Gasteiger charge is 2.29. The first-order chi connectivity index (χ1) is 6.97. The van der Waals surface area contributed by atoms with Crippen LogP contribution in [0, 0.1) is 0 Å². The van der Waals surface area contributed by atoms with Gasteiger partial charge in [-0.3, -0.25) is 0 Å². The van der Waals surface area contributed by atoms with Crippen molar-refractivity contribution in [3.63, 3.8) is 0 Å². The minimum absolute atomic E-state index is 0.0829. The Morgan fingerprint density at radius 3 is 2.60 bits per heavy atom. The minimum Gasteiger partial charge on any atom is -0.311 e. The van der Waals surface area contributed by atoms with Crippen molar-refractivity contribution in [3.8, 4) is 0 Å². The lowest BCUT2D eigenvalue weighted by Crippen LogP contribution is -2.45. The van der Waals surface area contributed by atoms with Crippen LogP contribution < -0.4 is 5.32 Å². The normalized spacial score (nSPS) is 28.7. The van der Waals surface area contributed by atoms with Crippen molar-refractivity contribution in [1.82, 2.24) is 5.32 Å². The van der Waals surface area contributed by atoms with Crippen molar-refractivity contribution >= 4 is 9.84 Å². The largest absolute Gasteiger partial charge is 0.311 e. The van der Waals surface area contributed by atoms with Gasteiger partial charge in [-0.1, -0.05) is 19.8 Å². The smallest absolute Gasteiger partial charge is 0.147 e. The Labute approximate surface area is 93.6 Å². The summed E-state index contributed by atoms with van der Waals surface area (Å²) >= 11 is 0. The zero-order valence-electron chi connectivity index (χ0n) is 9.88. The van der Waals surface area contributed by atoms with E-state index in [0.717, 1.165) is 25.8 Å². The van der Waals surface area contributed by atoms with Gasteiger partial charge in [0.25, 0.3) is 0 Å². The van der Waals surface area contributed by atoms with Gasteiger partial charge >= 0.3 is 0 Å². The fourth-order valence-electron chi connectivity index (χ4n) is 2.28. The number of rotatable bonds is 4. The molecule has 0 spiro atoms. The molecule has 0 aromatic carbocycles. The van der Waals surface area contributed by atoms with Crippen LogP contribution in [0.5, 0.6) is 0 Å². The maximum atomic E-state index is 11.2. The van der Waals surface area contributed by atoms with E-state index in [1.54, 1.807) is 0 Å². The van der Waals surface area contributed by atoms with Crippen molar-refractivity contribution in [2.45, 2.75) is 51.0 Å². The number of sulfone groups is 1. The van der Waals surface area contributed by atoms with E-state index in [0.29, 0.717) is 5.75 Å². The summed E-state index contributed by atoms with van der Waals surface area (Å²) in [4.78, 5) is 0. The van der Waals surface area contributed by atoms with Gasteiger partial charge in [-0.25, -0.2) is 8.42 Å². The van der Waals surface area contributed by atoms with Crippen LogP contribution in [0.4, 0.5) is 0 Å². The lowest BCUT2D eigenvalue weighted by atomic mass is 9.88. The average Bonchev–Trinajstić information content (AvgIpc) is 2.40. The van der Waals surface area contributed by atoms with Gasteiger partial charge in [0.05, 0.1) is 5.75 Å². The van der Waals surface area contributed by atoms with Crippen LogP contribution in [0.3, 0.4) is 0 Å². The number of hydrogen-bond donors (Lipinski definition) is 1. The van der Waals surface area contributed by atoms with Crippen molar-refractivity contribution in [2.75, 3.05) is 18.6 Å². The lowest BCUT2D eigenvalue weighted by molar-refractivity contribution is 0.295. The highest BCUT2D eigenvalue weighted by Crippen LogP contribution is 2.26. The topological polar surface area (TPSA) is 46.2 Å². The third-order valence-corrected chi connectivity index (χ3v) is 4.41. The zero-order valence-corrected chi connectivity index (χ0v) is 10.7. The summed E-state index contributed by atoms with van der Waals surface area (Å²) in [5.74, 6) is 0.313. The van der Waals surface area contributed by atoms with Crippen molar-refractivity contribution in [3.05, 3.63) is 0 Å². The molecule has 1 saturated heterocycles. The number of nitrogens with one attached hydrogen (secondary N) is 1. The van der Waals surface area contributed by atoms with Gasteiger partial charge in [-0.05, 0) is 32.2 Å². The molecule has 1 unspecified atom stereocenters. The van der Waals surface area contributed by atoms with Crippen molar-refractivity contribution < 1.29 is 8.42 Å². The maximum Gasteiger partial charge on any atom is 0.147 e. The molecule has 0 aromatic heterocycles. The second kappa shape index (κ2) is 5.30. The molecule has 15 heavy (non-hydrogen) atoms. The van der Waals surface area contributed by atoms with Crippen LogP contribution in [0.1, 0.15) is 45.4 Å². The second-order valence-electron chi connectivity index (χ2n) is 4.75. The van der Waals surface area contributed by atoms with Crippen LogP contribution in [-0.4, -0.2) is 32.5 Å². The quantitative estimate of drug-likeness (QED) is 0.804. The summed E-state index contributed by atoms with van der Waals surface area (Å²) in [7, 11) is -2.82. The summed E-state index contributed by atoms with van der Waals surface area (Å²) in [6.45, 7) is 3.19. The third-order valence-electron chi connectivity index (χ3n) is 3.46. The molecule has 90 valence electrons. The van der Waals surface area contributed by atoms with Crippen molar-refractivity contribution in [2.24, 2.45) is 0 Å². The summed E-state index contributed by atoms with van der Waals surface area (Å²) in [6, 6.07) is 0. The molecule has 4 heteroatoms. The molecule has 0 bridgehead atoms. The molecule has 1 fully saturated rings. The minimum atomic E-state index is -2.82. The average molecular weight is 233 g/mol. The molecule has 3 nitrogen and oxygen atoms in total. The molecule has 0 aliphatic carbocycles. The van der Waals surface area contributed by atoms with E-state index in [1.165, 1.54) is 25.5 Å². The third kappa shape index (κ3) is 4.51. The summed E-state index contributed by atoms with van der Waals surface area (Å²) in [5.41, 5.74) is 0.0829. The first-order valence-corrected chi connectivity index (χ1v) is 7.96. The van der Waals surface area contributed by atoms with Gasteiger partial charge in [0.1, 0.15) is 9.84 Å². The molecular formula is C11H23NO2S. The molecule has 0 amide bonds. The molecule has 1 N–H and O–H groups in total. The first-order valence-electron chi connectivity index (χ1n) is 5.90. The molecule has 0 radical (unpaired) electrons. The fourth-order valence-corrected chi connectivity index (χ4v) is 3.04. The highest BCUT2D eigenvalue weighted by atomic mass is 32.2. The van der Waals surface area contributed by atoms with Gasteiger partial charge in [0.15, 0.2) is 0 Å². The zero-order chi connectivity index (χ0) is 11.4. The molecule has 0 aromatic rings. The second-order valence-corrected chi connectivity index (χ2v) is 7.01. The number of hydrogen-bond acceptors (Lipinski definition) is 3. The van der Waals surface area contributed by atoms with Gasteiger partial charge < -0.3 is 5.32 Å². The molecule has 0 saturated carbocycles. The summed E-state index contributed by atoms with van der Waals surface area (Å²) in [5, 5.41) is 3.55. The Morgan fingerprint density at radius 2 is 2.00 bits per heavy atom. The predicted molar refractivity (Wildman–Crippen MR) is 63.8 cm³/mol. The van der Waals surface area contributed by atoms with Crippen LogP contribution in [0.25, 0.3) is 0 Å². The van der Waals surface area contributed by atoms with Gasteiger partial charge in [0.2, 0.25) is 0 Å². The summed E-state index contributed by atoms with van der Waals surface area (Å²) < 4.78 is 22.4. The van der Waals surface area contributed by atoms with Gasteiger partial charge in [0, 0.05) is 11.8 Å². The SMILES string of the molecule is CCC1(CCS(C)(=O)=O)CCCCCN1. The van der Waals surface area contributed by atoms with E-state index >= 15 is 0 Å². The Kier molecular flexibility index (Phi) is 4.59. The van der Waals surface area contributed by atoms with Crippen molar-refractivity contribution in [1.29, 1.82) is 0 Å². The van der Waals surface area contributed by atoms with E-state index in [1.807, 2.05) is 0 Å². The van der Waals surface area contributed by atoms with E-state index in [2.05, 4.69) is 12.2 Å².